The van der Waals surface area contributed by atoms with E-state index in [0.29, 0.717) is 0 Å². The molecule has 0 saturated carbocycles. The van der Waals surface area contributed by atoms with Crippen molar-refractivity contribution in [1.82, 2.24) is 14.3 Å². The molecule has 0 unspecified atom stereocenters. The van der Waals surface area contributed by atoms with Crippen molar-refractivity contribution in [2.24, 2.45) is 0 Å². The Morgan fingerprint density at radius 1 is 0.618 bits per heavy atom. The third-order valence-corrected chi connectivity index (χ3v) is 6.99. The van der Waals surface area contributed by atoms with Crippen molar-refractivity contribution in [3.05, 3.63) is 121 Å². The van der Waals surface area contributed by atoms with Gasteiger partial charge in [0.2, 0.25) is 0 Å². The van der Waals surface area contributed by atoms with Crippen molar-refractivity contribution < 1.29 is 0 Å². The summed E-state index contributed by atoms with van der Waals surface area (Å²) in [7, 11) is 0. The van der Waals surface area contributed by atoms with Gasteiger partial charge in [-0.25, -0.2) is 0 Å². The first-order valence-corrected chi connectivity index (χ1v) is 12.3. The largest absolute Gasteiger partial charge is 0.318 e. The molecular weight excluding hydrogens is 414 g/mol. The van der Waals surface area contributed by atoms with Crippen LogP contribution in [-0.2, 0) is 0 Å². The number of aromatic nitrogens is 2. The molecule has 3 heteroatoms. The van der Waals surface area contributed by atoms with Crippen LogP contribution in [0.3, 0.4) is 0 Å². The first-order chi connectivity index (χ1) is 16.9. The minimum atomic E-state index is 0.0871. The van der Waals surface area contributed by atoms with E-state index in [9.17, 15) is 0 Å². The van der Waals surface area contributed by atoms with Crippen LogP contribution < -0.4 is 0 Å². The van der Waals surface area contributed by atoms with Gasteiger partial charge in [0.05, 0.1) is 22.9 Å². The highest BCUT2D eigenvalue weighted by Gasteiger charge is 2.32. The maximum absolute atomic E-state index is 4.90. The van der Waals surface area contributed by atoms with Crippen LogP contribution in [0.5, 0.6) is 0 Å². The Bertz CT molecular complexity index is 1370. The molecule has 3 nitrogen and oxygen atoms in total. The fraction of sp³-hybridized carbons (Fsp3) is 0.194. The van der Waals surface area contributed by atoms with Crippen LogP contribution in [0.4, 0.5) is 0 Å². The van der Waals surface area contributed by atoms with Crippen LogP contribution in [0.15, 0.2) is 109 Å². The summed E-state index contributed by atoms with van der Waals surface area (Å²) in [5.41, 5.74) is 8.75. The van der Waals surface area contributed by atoms with E-state index in [4.69, 9.17) is 4.98 Å². The lowest BCUT2D eigenvalue weighted by Crippen LogP contribution is -2.35. The molecule has 1 atom stereocenters. The van der Waals surface area contributed by atoms with Gasteiger partial charge in [-0.05, 0) is 61.3 Å². The molecule has 3 aromatic heterocycles. The van der Waals surface area contributed by atoms with Gasteiger partial charge in [0, 0.05) is 23.5 Å². The molecular formula is C31H29N3. The van der Waals surface area contributed by atoms with E-state index in [1.54, 1.807) is 0 Å². The number of nitrogens with zero attached hydrogens (tertiary/aromatic N) is 3. The number of likely N-dealkylation sites (tertiary alicyclic amines) is 1. The molecule has 0 radical (unpaired) electrons. The molecule has 5 aromatic rings. The number of piperidine rings is 1. The van der Waals surface area contributed by atoms with E-state index in [0.717, 1.165) is 18.8 Å². The van der Waals surface area contributed by atoms with Gasteiger partial charge in [0.1, 0.15) is 0 Å². The van der Waals surface area contributed by atoms with Gasteiger partial charge < -0.3 is 4.40 Å². The molecule has 2 aromatic carbocycles. The Balaban J connectivity index is 1.71. The lowest BCUT2D eigenvalue weighted by molar-refractivity contribution is 0.181. The first-order valence-electron chi connectivity index (χ1n) is 12.3. The molecule has 0 aliphatic carbocycles. The highest BCUT2D eigenvalue weighted by Crippen LogP contribution is 2.45. The summed E-state index contributed by atoms with van der Waals surface area (Å²) in [5.74, 6) is 0. The van der Waals surface area contributed by atoms with Crippen molar-refractivity contribution in [2.45, 2.75) is 25.3 Å². The van der Waals surface area contributed by atoms with Gasteiger partial charge in [-0.1, -0.05) is 79.2 Å². The molecule has 0 amide bonds. The molecule has 0 spiro atoms. The number of rotatable bonds is 5. The third kappa shape index (κ3) is 3.72. The fourth-order valence-corrected chi connectivity index (χ4v) is 5.51. The highest BCUT2D eigenvalue weighted by atomic mass is 15.2. The minimum Gasteiger partial charge on any atom is -0.318 e. The monoisotopic (exact) mass is 443 g/mol. The summed E-state index contributed by atoms with van der Waals surface area (Å²) in [5, 5.41) is 0. The SMILES string of the molecule is c1ccc(-c2c(-c3ccccc3)c3ccccn3c2[C@H](c2ccccn2)N2CCCCC2)cc1. The van der Waals surface area contributed by atoms with Gasteiger partial charge in [-0.3, -0.25) is 9.88 Å². The average Bonchev–Trinajstić information content (AvgIpc) is 3.26. The van der Waals surface area contributed by atoms with E-state index >= 15 is 0 Å². The van der Waals surface area contributed by atoms with Crippen LogP contribution in [-0.4, -0.2) is 27.4 Å². The Hall–Kier alpha value is -3.69. The van der Waals surface area contributed by atoms with Crippen molar-refractivity contribution in [2.75, 3.05) is 13.1 Å². The maximum Gasteiger partial charge on any atom is 0.0939 e. The third-order valence-electron chi connectivity index (χ3n) is 6.99. The van der Waals surface area contributed by atoms with E-state index in [1.165, 1.54) is 52.7 Å². The predicted molar refractivity (Wildman–Crippen MR) is 140 cm³/mol. The Morgan fingerprint density at radius 3 is 1.94 bits per heavy atom. The standard InChI is InChI=1S/C31H29N3/c1-4-14-24(15-5-1)28-27-19-9-13-23-34(27)31(29(28)25-16-6-2-7-17-25)30(26-18-8-10-20-32-26)33-21-11-3-12-22-33/h1-2,4-10,13-20,23,30H,3,11-12,21-22H2/t30-/m0/s1. The number of benzene rings is 2. The topological polar surface area (TPSA) is 20.5 Å². The van der Waals surface area contributed by atoms with E-state index in [1.807, 2.05) is 12.3 Å². The van der Waals surface area contributed by atoms with Crippen LogP contribution in [0.1, 0.15) is 36.7 Å². The zero-order chi connectivity index (χ0) is 22.7. The Kier molecular flexibility index (Phi) is 5.70. The number of fused-ring (bicyclic) bond motifs is 1. The Morgan fingerprint density at radius 2 is 1.26 bits per heavy atom. The van der Waals surface area contributed by atoms with E-state index in [-0.39, 0.29) is 6.04 Å². The molecule has 1 fully saturated rings. The van der Waals surface area contributed by atoms with Gasteiger partial charge in [0.15, 0.2) is 0 Å². The maximum atomic E-state index is 4.90. The molecule has 1 aliphatic heterocycles. The molecule has 1 aliphatic rings. The molecule has 34 heavy (non-hydrogen) atoms. The lowest BCUT2D eigenvalue weighted by atomic mass is 9.91. The zero-order valence-corrected chi connectivity index (χ0v) is 19.3. The fourth-order valence-electron chi connectivity index (χ4n) is 5.51. The molecule has 6 rings (SSSR count). The summed E-state index contributed by atoms with van der Waals surface area (Å²) >= 11 is 0. The number of hydrogen-bond donors (Lipinski definition) is 0. The summed E-state index contributed by atoms with van der Waals surface area (Å²) in [6.07, 6.45) is 7.94. The van der Waals surface area contributed by atoms with Crippen molar-refractivity contribution in [3.63, 3.8) is 0 Å². The second-order valence-electron chi connectivity index (χ2n) is 9.08. The highest BCUT2D eigenvalue weighted by molar-refractivity contribution is 5.97. The second-order valence-corrected chi connectivity index (χ2v) is 9.08. The number of hydrogen-bond acceptors (Lipinski definition) is 2. The smallest absolute Gasteiger partial charge is 0.0939 e. The van der Waals surface area contributed by atoms with E-state index < -0.39 is 0 Å². The summed E-state index contributed by atoms with van der Waals surface area (Å²) in [4.78, 5) is 7.54. The van der Waals surface area contributed by atoms with Gasteiger partial charge >= 0.3 is 0 Å². The minimum absolute atomic E-state index is 0.0871. The second kappa shape index (κ2) is 9.28. The quantitative estimate of drug-likeness (QED) is 0.285. The van der Waals surface area contributed by atoms with Crippen LogP contribution in [0.25, 0.3) is 27.8 Å². The predicted octanol–water partition coefficient (Wildman–Crippen LogP) is 7.24. The molecule has 1 saturated heterocycles. The average molecular weight is 444 g/mol. The molecule has 0 bridgehead atoms. The lowest BCUT2D eigenvalue weighted by Gasteiger charge is -2.35. The normalized spacial score (nSPS) is 15.4. The summed E-state index contributed by atoms with van der Waals surface area (Å²) in [6, 6.07) is 34.7. The zero-order valence-electron chi connectivity index (χ0n) is 19.3. The van der Waals surface area contributed by atoms with Crippen molar-refractivity contribution in [1.29, 1.82) is 0 Å². The van der Waals surface area contributed by atoms with Crippen LogP contribution >= 0.6 is 0 Å². The molecule has 168 valence electrons. The van der Waals surface area contributed by atoms with Crippen LogP contribution in [0, 0.1) is 0 Å². The molecule has 0 N–H and O–H groups in total. The van der Waals surface area contributed by atoms with E-state index in [2.05, 4.69) is 106 Å². The van der Waals surface area contributed by atoms with Crippen molar-refractivity contribution >= 4 is 5.52 Å². The van der Waals surface area contributed by atoms with Gasteiger partial charge in [-0.2, -0.15) is 0 Å². The Labute approximate surface area is 201 Å². The summed E-state index contributed by atoms with van der Waals surface area (Å²) < 4.78 is 2.42. The molecule has 4 heterocycles. The van der Waals surface area contributed by atoms with Crippen LogP contribution in [0.2, 0.25) is 0 Å². The van der Waals surface area contributed by atoms with Gasteiger partial charge in [0.25, 0.3) is 0 Å². The number of pyridine rings is 2. The van der Waals surface area contributed by atoms with Gasteiger partial charge in [-0.15, -0.1) is 0 Å². The summed E-state index contributed by atoms with van der Waals surface area (Å²) in [6.45, 7) is 2.19. The van der Waals surface area contributed by atoms with Crippen molar-refractivity contribution in [3.8, 4) is 22.3 Å². The first kappa shape index (κ1) is 20.9.